The van der Waals surface area contributed by atoms with E-state index in [0.29, 0.717) is 10.6 Å². The lowest BCUT2D eigenvalue weighted by Gasteiger charge is -2.14. The van der Waals surface area contributed by atoms with Gasteiger partial charge in [-0.1, -0.05) is 30.3 Å². The first-order chi connectivity index (χ1) is 13.0. The SMILES string of the molecule is CC(C)OC(=O)c1c(NC(=O)C2CC2c2ccccc2)sc2c1CCCC2. The van der Waals surface area contributed by atoms with Gasteiger partial charge in [0.15, 0.2) is 0 Å². The van der Waals surface area contributed by atoms with Gasteiger partial charge in [-0.15, -0.1) is 11.3 Å². The zero-order valence-electron chi connectivity index (χ0n) is 15.8. The molecule has 0 bridgehead atoms. The van der Waals surface area contributed by atoms with Gasteiger partial charge in [-0.05, 0) is 63.0 Å². The molecule has 0 aliphatic heterocycles. The maximum atomic E-state index is 12.8. The number of hydrogen-bond donors (Lipinski definition) is 1. The fraction of sp³-hybridized carbons (Fsp3) is 0.455. The lowest BCUT2D eigenvalue weighted by molar-refractivity contribution is -0.117. The molecule has 0 radical (unpaired) electrons. The van der Waals surface area contributed by atoms with Gasteiger partial charge in [-0.25, -0.2) is 4.79 Å². The van der Waals surface area contributed by atoms with Gasteiger partial charge in [0.05, 0.1) is 11.7 Å². The molecule has 0 saturated heterocycles. The zero-order chi connectivity index (χ0) is 19.0. The highest BCUT2D eigenvalue weighted by atomic mass is 32.1. The molecule has 2 unspecified atom stereocenters. The van der Waals surface area contributed by atoms with Crippen LogP contribution in [0.25, 0.3) is 0 Å². The summed E-state index contributed by atoms with van der Waals surface area (Å²) < 4.78 is 5.47. The number of thiophene rings is 1. The third-order valence-electron chi connectivity index (χ3n) is 5.31. The molecule has 1 aromatic carbocycles. The van der Waals surface area contributed by atoms with Crippen LogP contribution in [-0.4, -0.2) is 18.0 Å². The van der Waals surface area contributed by atoms with Crippen LogP contribution in [0.3, 0.4) is 0 Å². The van der Waals surface area contributed by atoms with Crippen LogP contribution in [0, 0.1) is 5.92 Å². The van der Waals surface area contributed by atoms with Crippen molar-refractivity contribution in [1.82, 2.24) is 0 Å². The smallest absolute Gasteiger partial charge is 0.341 e. The number of ether oxygens (including phenoxy) is 1. The van der Waals surface area contributed by atoms with Gasteiger partial charge in [0.1, 0.15) is 5.00 Å². The molecular formula is C22H25NO3S. The largest absolute Gasteiger partial charge is 0.459 e. The van der Waals surface area contributed by atoms with Gasteiger partial charge in [-0.2, -0.15) is 0 Å². The summed E-state index contributed by atoms with van der Waals surface area (Å²) in [4.78, 5) is 26.7. The molecule has 1 aromatic heterocycles. The third kappa shape index (κ3) is 3.79. The van der Waals surface area contributed by atoms with Crippen LogP contribution in [-0.2, 0) is 22.4 Å². The fourth-order valence-corrected chi connectivity index (χ4v) is 5.18. The Kier molecular flexibility index (Phi) is 5.04. The summed E-state index contributed by atoms with van der Waals surface area (Å²) in [5, 5.41) is 3.74. The Morgan fingerprint density at radius 2 is 1.89 bits per heavy atom. The summed E-state index contributed by atoms with van der Waals surface area (Å²) in [6, 6.07) is 10.2. The molecule has 1 amide bonds. The normalized spacial score (nSPS) is 20.9. The first kappa shape index (κ1) is 18.2. The van der Waals surface area contributed by atoms with Gasteiger partial charge in [-0.3, -0.25) is 4.79 Å². The maximum absolute atomic E-state index is 12.8. The first-order valence-electron chi connectivity index (χ1n) is 9.76. The highest BCUT2D eigenvalue weighted by Gasteiger charge is 2.44. The molecule has 0 spiro atoms. The Bertz CT molecular complexity index is 856. The van der Waals surface area contributed by atoms with Crippen LogP contribution in [0.4, 0.5) is 5.00 Å². The number of rotatable bonds is 5. The average Bonchev–Trinajstić information content (AvgIpc) is 3.37. The van der Waals surface area contributed by atoms with E-state index in [0.717, 1.165) is 37.7 Å². The predicted octanol–water partition coefficient (Wildman–Crippen LogP) is 4.93. The van der Waals surface area contributed by atoms with Crippen molar-refractivity contribution in [3.05, 3.63) is 51.9 Å². The number of carbonyl (C=O) groups excluding carboxylic acids is 2. The zero-order valence-corrected chi connectivity index (χ0v) is 16.6. The Balaban J connectivity index is 1.54. The van der Waals surface area contributed by atoms with E-state index in [1.165, 1.54) is 10.4 Å². The Morgan fingerprint density at radius 1 is 1.15 bits per heavy atom. The van der Waals surface area contributed by atoms with Gasteiger partial charge >= 0.3 is 5.97 Å². The quantitative estimate of drug-likeness (QED) is 0.745. The van der Waals surface area contributed by atoms with E-state index in [1.54, 1.807) is 11.3 Å². The Morgan fingerprint density at radius 3 is 2.63 bits per heavy atom. The highest BCUT2D eigenvalue weighted by Crippen LogP contribution is 2.48. The van der Waals surface area contributed by atoms with Crippen molar-refractivity contribution < 1.29 is 14.3 Å². The van der Waals surface area contributed by atoms with Crippen molar-refractivity contribution in [2.45, 2.75) is 58.0 Å². The summed E-state index contributed by atoms with van der Waals surface area (Å²) >= 11 is 1.56. The van der Waals surface area contributed by atoms with E-state index < -0.39 is 0 Å². The predicted molar refractivity (Wildman–Crippen MR) is 107 cm³/mol. The van der Waals surface area contributed by atoms with Crippen LogP contribution in [0.15, 0.2) is 30.3 Å². The van der Waals surface area contributed by atoms with Gasteiger partial charge in [0.2, 0.25) is 5.91 Å². The molecule has 2 aliphatic rings. The molecule has 27 heavy (non-hydrogen) atoms. The van der Waals surface area contributed by atoms with Crippen LogP contribution in [0.5, 0.6) is 0 Å². The standard InChI is InChI=1S/C22H25NO3S/c1-13(2)26-22(25)19-15-10-6-7-11-18(15)27-21(19)23-20(24)17-12-16(17)14-8-4-3-5-9-14/h3-5,8-9,13,16-17H,6-7,10-12H2,1-2H3,(H,23,24). The molecule has 1 saturated carbocycles. The van der Waals surface area contributed by atoms with Crippen LogP contribution < -0.4 is 5.32 Å². The second kappa shape index (κ2) is 7.47. The van der Waals surface area contributed by atoms with Crippen molar-refractivity contribution in [2.75, 3.05) is 5.32 Å². The lowest BCUT2D eigenvalue weighted by atomic mass is 9.95. The number of nitrogens with one attached hydrogen (secondary N) is 1. The first-order valence-corrected chi connectivity index (χ1v) is 10.6. The minimum Gasteiger partial charge on any atom is -0.459 e. The number of benzene rings is 1. The molecule has 1 heterocycles. The monoisotopic (exact) mass is 383 g/mol. The summed E-state index contributed by atoms with van der Waals surface area (Å²) in [6.07, 6.45) is 4.78. The summed E-state index contributed by atoms with van der Waals surface area (Å²) in [6.45, 7) is 3.70. The molecule has 5 heteroatoms. The molecule has 1 fully saturated rings. The minimum absolute atomic E-state index is 0.0134. The summed E-state index contributed by atoms with van der Waals surface area (Å²) in [5.74, 6) is -0.0245. The number of anilines is 1. The molecule has 142 valence electrons. The maximum Gasteiger partial charge on any atom is 0.341 e. The van der Waals surface area contributed by atoms with E-state index in [9.17, 15) is 9.59 Å². The molecule has 1 N–H and O–H groups in total. The topological polar surface area (TPSA) is 55.4 Å². The van der Waals surface area contributed by atoms with E-state index in [2.05, 4.69) is 17.4 Å². The van der Waals surface area contributed by atoms with Crippen LogP contribution in [0.1, 0.15) is 65.4 Å². The summed E-state index contributed by atoms with van der Waals surface area (Å²) in [5.41, 5.74) is 2.89. The average molecular weight is 384 g/mol. The van der Waals surface area contributed by atoms with Crippen LogP contribution in [0.2, 0.25) is 0 Å². The molecule has 4 nitrogen and oxygen atoms in total. The molecule has 2 aromatic rings. The number of carbonyl (C=O) groups is 2. The van der Waals surface area contributed by atoms with Gasteiger partial charge < -0.3 is 10.1 Å². The number of esters is 1. The second-order valence-electron chi connectivity index (χ2n) is 7.72. The molecule has 4 rings (SSSR count). The Hall–Kier alpha value is -2.14. The number of fused-ring (bicyclic) bond motifs is 1. The van der Waals surface area contributed by atoms with Crippen LogP contribution >= 0.6 is 11.3 Å². The van der Waals surface area contributed by atoms with Gasteiger partial charge in [0.25, 0.3) is 0 Å². The lowest BCUT2D eigenvalue weighted by Crippen LogP contribution is -2.19. The Labute approximate surface area is 163 Å². The van der Waals surface area contributed by atoms with Crippen molar-refractivity contribution in [2.24, 2.45) is 5.92 Å². The van der Waals surface area contributed by atoms with E-state index in [1.807, 2.05) is 32.0 Å². The second-order valence-corrected chi connectivity index (χ2v) is 8.82. The summed E-state index contributed by atoms with van der Waals surface area (Å²) in [7, 11) is 0. The molecular weight excluding hydrogens is 358 g/mol. The molecule has 2 atom stereocenters. The van der Waals surface area contributed by atoms with Gasteiger partial charge in [0, 0.05) is 10.8 Å². The van der Waals surface area contributed by atoms with E-state index >= 15 is 0 Å². The fourth-order valence-electron chi connectivity index (χ4n) is 3.90. The minimum atomic E-state index is -0.310. The van der Waals surface area contributed by atoms with Crippen molar-refractivity contribution in [1.29, 1.82) is 0 Å². The van der Waals surface area contributed by atoms with Crippen molar-refractivity contribution in [3.8, 4) is 0 Å². The third-order valence-corrected chi connectivity index (χ3v) is 6.52. The number of hydrogen-bond acceptors (Lipinski definition) is 4. The number of aryl methyl sites for hydroxylation is 1. The van der Waals surface area contributed by atoms with Crippen molar-refractivity contribution in [3.63, 3.8) is 0 Å². The molecule has 2 aliphatic carbocycles. The highest BCUT2D eigenvalue weighted by molar-refractivity contribution is 7.17. The van der Waals surface area contributed by atoms with Crippen molar-refractivity contribution >= 4 is 28.2 Å². The number of amides is 1. The van der Waals surface area contributed by atoms with E-state index in [4.69, 9.17) is 4.74 Å². The van der Waals surface area contributed by atoms with E-state index in [-0.39, 0.29) is 29.8 Å².